The number of halogens is 1. The van der Waals surface area contributed by atoms with Crippen molar-refractivity contribution in [1.82, 2.24) is 9.47 Å². The van der Waals surface area contributed by atoms with Crippen LogP contribution in [0.15, 0.2) is 102 Å². The Labute approximate surface area is 212 Å². The van der Waals surface area contributed by atoms with E-state index >= 15 is 0 Å². The summed E-state index contributed by atoms with van der Waals surface area (Å²) < 4.78 is 3.00. The van der Waals surface area contributed by atoms with Crippen LogP contribution in [0.4, 0.5) is 5.69 Å². The molecule has 1 aromatic heterocycles. The maximum absolute atomic E-state index is 14.1. The fraction of sp³-hybridized carbons (Fsp3) is 0.172. The van der Waals surface area contributed by atoms with E-state index in [0.717, 1.165) is 39.9 Å². The van der Waals surface area contributed by atoms with Gasteiger partial charge in [-0.05, 0) is 60.9 Å². The predicted molar refractivity (Wildman–Crippen MR) is 140 cm³/mol. The molecule has 0 saturated heterocycles. The van der Waals surface area contributed by atoms with Gasteiger partial charge < -0.3 is 9.47 Å². The molecule has 0 spiro atoms. The lowest BCUT2D eigenvalue weighted by Gasteiger charge is -2.39. The normalized spacial score (nSPS) is 16.4. The van der Waals surface area contributed by atoms with Gasteiger partial charge >= 0.3 is 0 Å². The number of benzene rings is 3. The van der Waals surface area contributed by atoms with E-state index in [1.54, 1.807) is 4.90 Å². The fourth-order valence-corrected chi connectivity index (χ4v) is 5.37. The summed E-state index contributed by atoms with van der Waals surface area (Å²) in [5.74, 6) is -0.193. The van der Waals surface area contributed by atoms with Crippen LogP contribution in [0.2, 0.25) is 0 Å². The molecule has 1 aliphatic heterocycles. The summed E-state index contributed by atoms with van der Waals surface area (Å²) in [7, 11) is 0. The number of hydrogen-bond donors (Lipinski definition) is 0. The summed E-state index contributed by atoms with van der Waals surface area (Å²) in [6.07, 6.45) is 3.89. The van der Waals surface area contributed by atoms with Crippen LogP contribution in [0.25, 0.3) is 5.69 Å². The van der Waals surface area contributed by atoms with Gasteiger partial charge in [-0.3, -0.25) is 14.5 Å². The van der Waals surface area contributed by atoms with Gasteiger partial charge in [-0.2, -0.15) is 0 Å². The maximum Gasteiger partial charge on any atom is 0.254 e. The van der Waals surface area contributed by atoms with Crippen molar-refractivity contribution in [2.45, 2.75) is 24.9 Å². The highest BCUT2D eigenvalue weighted by Crippen LogP contribution is 2.42. The van der Waals surface area contributed by atoms with Crippen LogP contribution in [-0.2, 0) is 4.79 Å². The average Bonchev–Trinajstić information content (AvgIpc) is 3.61. The van der Waals surface area contributed by atoms with Crippen LogP contribution in [0.1, 0.15) is 40.5 Å². The zero-order valence-corrected chi connectivity index (χ0v) is 20.6. The highest BCUT2D eigenvalue weighted by molar-refractivity contribution is 9.10. The van der Waals surface area contributed by atoms with Gasteiger partial charge in [0.1, 0.15) is 12.6 Å². The minimum atomic E-state index is -0.282. The minimum absolute atomic E-state index is 0.0361. The minimum Gasteiger partial charge on any atom is -0.326 e. The summed E-state index contributed by atoms with van der Waals surface area (Å²) >= 11 is 3.46. The van der Waals surface area contributed by atoms with Crippen LogP contribution in [0, 0.1) is 0 Å². The van der Waals surface area contributed by atoms with Crippen molar-refractivity contribution < 1.29 is 9.59 Å². The highest BCUT2D eigenvalue weighted by Gasteiger charge is 2.40. The van der Waals surface area contributed by atoms with Crippen molar-refractivity contribution in [1.29, 1.82) is 0 Å². The van der Waals surface area contributed by atoms with E-state index in [1.807, 2.05) is 83.9 Å². The summed E-state index contributed by atoms with van der Waals surface area (Å²) in [5.41, 5.74) is 4.46. The molecule has 1 fully saturated rings. The van der Waals surface area contributed by atoms with Gasteiger partial charge in [-0.15, -0.1) is 0 Å². The second-order valence-corrected chi connectivity index (χ2v) is 9.96. The molecule has 5 nitrogen and oxygen atoms in total. The molecule has 2 aliphatic rings. The molecule has 0 N–H and O–H groups in total. The predicted octanol–water partition coefficient (Wildman–Crippen LogP) is 5.98. The zero-order valence-electron chi connectivity index (χ0n) is 19.0. The van der Waals surface area contributed by atoms with Gasteiger partial charge in [0.25, 0.3) is 5.91 Å². The molecular formula is C29H24BrN3O2. The fourth-order valence-electron chi connectivity index (χ4n) is 4.97. The third-order valence-corrected chi connectivity index (χ3v) is 7.22. The van der Waals surface area contributed by atoms with Crippen LogP contribution in [0.5, 0.6) is 0 Å². The Balaban J connectivity index is 1.41. The number of fused-ring (bicyclic) bond motifs is 3. The molecule has 6 heteroatoms. The lowest BCUT2D eigenvalue weighted by molar-refractivity contribution is -0.119. The molecule has 0 radical (unpaired) electrons. The van der Waals surface area contributed by atoms with Crippen molar-refractivity contribution in [3.05, 3.63) is 118 Å². The number of aromatic nitrogens is 1. The Bertz CT molecular complexity index is 1410. The number of hydrogen-bond acceptors (Lipinski definition) is 2. The van der Waals surface area contributed by atoms with Crippen molar-refractivity contribution in [3.8, 4) is 5.69 Å². The molecule has 4 aromatic rings. The molecule has 1 atom stereocenters. The van der Waals surface area contributed by atoms with E-state index < -0.39 is 0 Å². The van der Waals surface area contributed by atoms with Gasteiger partial charge in [0, 0.05) is 22.3 Å². The van der Waals surface area contributed by atoms with Gasteiger partial charge in [0.2, 0.25) is 5.91 Å². The van der Waals surface area contributed by atoms with Gasteiger partial charge in [0.05, 0.1) is 17.1 Å². The maximum atomic E-state index is 14.1. The topological polar surface area (TPSA) is 45.6 Å². The molecule has 174 valence electrons. The summed E-state index contributed by atoms with van der Waals surface area (Å²) in [5, 5.41) is 0. The van der Waals surface area contributed by atoms with Gasteiger partial charge in [0.15, 0.2) is 0 Å². The Morgan fingerprint density at radius 2 is 1.60 bits per heavy atom. The second kappa shape index (κ2) is 8.86. The van der Waals surface area contributed by atoms with E-state index in [4.69, 9.17) is 0 Å². The Morgan fingerprint density at radius 1 is 0.857 bits per heavy atom. The monoisotopic (exact) mass is 525 g/mol. The van der Waals surface area contributed by atoms with E-state index in [1.165, 1.54) is 0 Å². The summed E-state index contributed by atoms with van der Waals surface area (Å²) in [6, 6.07) is 29.3. The van der Waals surface area contributed by atoms with Crippen LogP contribution in [-0.4, -0.2) is 33.9 Å². The summed E-state index contributed by atoms with van der Waals surface area (Å²) in [4.78, 5) is 31.2. The first-order valence-corrected chi connectivity index (χ1v) is 12.6. The molecule has 3 aromatic carbocycles. The number of rotatable bonds is 5. The first-order chi connectivity index (χ1) is 17.1. The Hall–Kier alpha value is -3.64. The molecule has 1 aliphatic carbocycles. The van der Waals surface area contributed by atoms with E-state index in [-0.39, 0.29) is 30.4 Å². The molecular weight excluding hydrogens is 502 g/mol. The van der Waals surface area contributed by atoms with Crippen molar-refractivity contribution in [2.75, 3.05) is 11.4 Å². The van der Waals surface area contributed by atoms with Crippen LogP contribution >= 0.6 is 15.9 Å². The zero-order chi connectivity index (χ0) is 23.9. The number of carbonyl (C=O) groups excluding carboxylic acids is 2. The second-order valence-electron chi connectivity index (χ2n) is 9.04. The number of carbonyl (C=O) groups is 2. The number of amides is 2. The molecule has 0 unspecified atom stereocenters. The summed E-state index contributed by atoms with van der Waals surface area (Å²) in [6.45, 7) is 0.0361. The highest BCUT2D eigenvalue weighted by atomic mass is 79.9. The molecule has 2 amide bonds. The van der Waals surface area contributed by atoms with Gasteiger partial charge in [-0.1, -0.05) is 64.5 Å². The Morgan fingerprint density at radius 3 is 2.34 bits per heavy atom. The van der Waals surface area contributed by atoms with Crippen molar-refractivity contribution >= 4 is 33.4 Å². The first-order valence-electron chi connectivity index (χ1n) is 11.8. The largest absolute Gasteiger partial charge is 0.326 e. The Kier molecular flexibility index (Phi) is 5.53. The quantitative estimate of drug-likeness (QED) is 0.321. The SMILES string of the molecule is O=C(c1cccc(Br)c1)N(CC(=O)N1c2ccccc2-n2cccc2[C@H]1c1ccccc1)C1CC1. The lowest BCUT2D eigenvalue weighted by Crippen LogP contribution is -2.47. The number of para-hydroxylation sites is 2. The number of anilines is 1. The van der Waals surface area contributed by atoms with Crippen molar-refractivity contribution in [3.63, 3.8) is 0 Å². The number of nitrogens with zero attached hydrogens (tertiary/aromatic N) is 3. The third-order valence-electron chi connectivity index (χ3n) is 6.73. The molecule has 2 heterocycles. The molecule has 6 rings (SSSR count). The molecule has 35 heavy (non-hydrogen) atoms. The lowest BCUT2D eigenvalue weighted by atomic mass is 9.97. The first kappa shape index (κ1) is 21.9. The third kappa shape index (κ3) is 3.98. The van der Waals surface area contributed by atoms with Crippen LogP contribution in [0.3, 0.4) is 0 Å². The average molecular weight is 526 g/mol. The van der Waals surface area contributed by atoms with E-state index in [9.17, 15) is 9.59 Å². The van der Waals surface area contributed by atoms with Gasteiger partial charge in [-0.25, -0.2) is 0 Å². The molecule has 1 saturated carbocycles. The van der Waals surface area contributed by atoms with Crippen LogP contribution < -0.4 is 4.90 Å². The van der Waals surface area contributed by atoms with Crippen molar-refractivity contribution in [2.24, 2.45) is 0 Å². The standard InChI is InChI=1S/C29H24BrN3O2/c30-22-11-6-10-21(18-22)29(35)32(23-15-16-23)19-27(34)33-25-13-5-4-12-24(25)31-17-7-14-26(31)28(33)20-8-2-1-3-9-20/h1-14,17-18,23,28H,15-16,19H2/t28-/m1/s1. The van der Waals surface area contributed by atoms with E-state index in [2.05, 4.69) is 38.7 Å². The van der Waals surface area contributed by atoms with E-state index in [0.29, 0.717) is 5.56 Å². The molecule has 0 bridgehead atoms. The smallest absolute Gasteiger partial charge is 0.254 e.